The lowest BCUT2D eigenvalue weighted by Crippen LogP contribution is -2.07. The van der Waals surface area contributed by atoms with Crippen molar-refractivity contribution in [1.29, 1.82) is 0 Å². The minimum absolute atomic E-state index is 0.330. The summed E-state index contributed by atoms with van der Waals surface area (Å²) in [5, 5.41) is 0.519. The minimum atomic E-state index is 0.330. The van der Waals surface area contributed by atoms with Gasteiger partial charge in [-0.15, -0.1) is 11.8 Å². The second-order valence-corrected chi connectivity index (χ2v) is 6.55. The Kier molecular flexibility index (Phi) is 4.29. The molecule has 1 heterocycles. The van der Waals surface area contributed by atoms with Crippen LogP contribution in [0.5, 0.6) is 0 Å². The van der Waals surface area contributed by atoms with E-state index in [-0.39, 0.29) is 0 Å². The summed E-state index contributed by atoms with van der Waals surface area (Å²) >= 11 is 11.0. The van der Waals surface area contributed by atoms with E-state index in [1.807, 2.05) is 12.3 Å². The van der Waals surface area contributed by atoms with Crippen molar-refractivity contribution in [3.8, 4) is 0 Å². The lowest BCUT2D eigenvalue weighted by molar-refractivity contribution is 0.481. The molecule has 0 N–H and O–H groups in total. The molecule has 0 aliphatic rings. The van der Waals surface area contributed by atoms with Crippen molar-refractivity contribution in [2.45, 2.75) is 25.7 Å². The average Bonchev–Trinajstić information content (AvgIpc) is 2.06. The van der Waals surface area contributed by atoms with Crippen molar-refractivity contribution < 1.29 is 0 Å². The van der Waals surface area contributed by atoms with Gasteiger partial charge in [0, 0.05) is 16.8 Å². The Morgan fingerprint density at radius 3 is 2.64 bits per heavy atom. The molecule has 1 nitrogen and oxygen atoms in total. The second-order valence-electron chi connectivity index (χ2n) is 4.29. The standard InChI is InChI=1S/C10H13BrClNS/c1-10(2,3)6-14-7-4-8(11)9(12)13-5-7/h4-5H,6H2,1-3H3. The number of nitrogens with zero attached hydrogens (tertiary/aromatic N) is 1. The van der Waals surface area contributed by atoms with Gasteiger partial charge in [-0.05, 0) is 27.4 Å². The molecule has 0 saturated heterocycles. The number of rotatable bonds is 2. The minimum Gasteiger partial charge on any atom is -0.242 e. The summed E-state index contributed by atoms with van der Waals surface area (Å²) in [6, 6.07) is 2.01. The van der Waals surface area contributed by atoms with Crippen molar-refractivity contribution >= 4 is 39.3 Å². The smallest absolute Gasteiger partial charge is 0.143 e. The molecule has 14 heavy (non-hydrogen) atoms. The van der Waals surface area contributed by atoms with Gasteiger partial charge in [-0.3, -0.25) is 0 Å². The third kappa shape index (κ3) is 4.20. The van der Waals surface area contributed by atoms with E-state index in [1.54, 1.807) is 11.8 Å². The molecule has 78 valence electrons. The molecule has 0 spiro atoms. The van der Waals surface area contributed by atoms with Crippen LogP contribution >= 0.6 is 39.3 Å². The molecule has 0 aliphatic carbocycles. The molecule has 1 rings (SSSR count). The number of thioether (sulfide) groups is 1. The number of hydrogen-bond acceptors (Lipinski definition) is 2. The van der Waals surface area contributed by atoms with Gasteiger partial charge in [-0.25, -0.2) is 4.98 Å². The number of hydrogen-bond donors (Lipinski definition) is 0. The van der Waals surface area contributed by atoms with Crippen molar-refractivity contribution in [3.05, 3.63) is 21.9 Å². The average molecular weight is 295 g/mol. The Hall–Kier alpha value is 0.270. The molecule has 0 atom stereocenters. The molecule has 0 radical (unpaired) electrons. The Morgan fingerprint density at radius 2 is 2.14 bits per heavy atom. The monoisotopic (exact) mass is 293 g/mol. The highest BCUT2D eigenvalue weighted by atomic mass is 79.9. The van der Waals surface area contributed by atoms with Gasteiger partial charge in [-0.2, -0.15) is 0 Å². The van der Waals surface area contributed by atoms with E-state index in [2.05, 4.69) is 41.7 Å². The van der Waals surface area contributed by atoms with Crippen LogP contribution in [0.4, 0.5) is 0 Å². The first-order valence-electron chi connectivity index (χ1n) is 4.32. The van der Waals surface area contributed by atoms with Crippen LogP contribution in [0.25, 0.3) is 0 Å². The molecule has 0 fully saturated rings. The highest BCUT2D eigenvalue weighted by Gasteiger charge is 2.11. The SMILES string of the molecule is CC(C)(C)CSc1cnc(Cl)c(Br)c1. The fraction of sp³-hybridized carbons (Fsp3) is 0.500. The summed E-state index contributed by atoms with van der Waals surface area (Å²) in [5.41, 5.74) is 0.330. The van der Waals surface area contributed by atoms with Crippen molar-refractivity contribution in [3.63, 3.8) is 0 Å². The maximum atomic E-state index is 5.80. The zero-order valence-electron chi connectivity index (χ0n) is 8.47. The molecule has 1 aromatic rings. The summed E-state index contributed by atoms with van der Waals surface area (Å²) < 4.78 is 0.859. The van der Waals surface area contributed by atoms with E-state index in [0.717, 1.165) is 15.1 Å². The predicted octanol–water partition coefficient (Wildman–Crippen LogP) is 4.64. The second kappa shape index (κ2) is 4.86. The van der Waals surface area contributed by atoms with Gasteiger partial charge in [0.25, 0.3) is 0 Å². The third-order valence-electron chi connectivity index (χ3n) is 1.44. The van der Waals surface area contributed by atoms with Crippen molar-refractivity contribution in [1.82, 2.24) is 4.98 Å². The Balaban J connectivity index is 2.65. The summed E-state index contributed by atoms with van der Waals surface area (Å²) in [6.45, 7) is 6.66. The predicted molar refractivity (Wildman–Crippen MR) is 67.1 cm³/mol. The first kappa shape index (κ1) is 12.3. The molecule has 0 aromatic carbocycles. The molecule has 0 aliphatic heterocycles. The highest BCUT2D eigenvalue weighted by molar-refractivity contribution is 9.10. The third-order valence-corrected chi connectivity index (χ3v) is 4.14. The number of pyridine rings is 1. The zero-order chi connectivity index (χ0) is 10.8. The lowest BCUT2D eigenvalue weighted by Gasteiger charge is -2.17. The molecule has 1 aromatic heterocycles. The van der Waals surface area contributed by atoms with E-state index in [4.69, 9.17) is 11.6 Å². The molecule has 0 saturated carbocycles. The van der Waals surface area contributed by atoms with Crippen LogP contribution in [0.1, 0.15) is 20.8 Å². The number of aromatic nitrogens is 1. The van der Waals surface area contributed by atoms with Crippen LogP contribution < -0.4 is 0 Å². The Labute approximate surface area is 103 Å². The van der Waals surface area contributed by atoms with Crippen molar-refractivity contribution in [2.24, 2.45) is 5.41 Å². The van der Waals surface area contributed by atoms with Gasteiger partial charge in [0.05, 0.1) is 4.47 Å². The maximum absolute atomic E-state index is 5.80. The summed E-state index contributed by atoms with van der Waals surface area (Å²) in [5.74, 6) is 1.07. The summed E-state index contributed by atoms with van der Waals surface area (Å²) in [7, 11) is 0. The fourth-order valence-corrected chi connectivity index (χ4v) is 2.31. The molecule has 0 bridgehead atoms. The fourth-order valence-electron chi connectivity index (χ4n) is 0.782. The Bertz CT molecular complexity index is 322. The van der Waals surface area contributed by atoms with E-state index >= 15 is 0 Å². The topological polar surface area (TPSA) is 12.9 Å². The van der Waals surface area contributed by atoms with Gasteiger partial charge in [0.15, 0.2) is 0 Å². The molecule has 0 amide bonds. The van der Waals surface area contributed by atoms with Gasteiger partial charge in [0.1, 0.15) is 5.15 Å². The van der Waals surface area contributed by atoms with Gasteiger partial charge < -0.3 is 0 Å². The van der Waals surface area contributed by atoms with Crippen LogP contribution in [0.15, 0.2) is 21.6 Å². The molecular weight excluding hydrogens is 282 g/mol. The van der Waals surface area contributed by atoms with Crippen LogP contribution in [-0.4, -0.2) is 10.7 Å². The van der Waals surface area contributed by atoms with Crippen molar-refractivity contribution in [2.75, 3.05) is 5.75 Å². The highest BCUT2D eigenvalue weighted by Crippen LogP contribution is 2.30. The van der Waals surface area contributed by atoms with Gasteiger partial charge >= 0.3 is 0 Å². The van der Waals surface area contributed by atoms with Gasteiger partial charge in [0.2, 0.25) is 0 Å². The van der Waals surface area contributed by atoms with Gasteiger partial charge in [-0.1, -0.05) is 32.4 Å². The van der Waals surface area contributed by atoms with E-state index < -0.39 is 0 Å². The van der Waals surface area contributed by atoms with Crippen LogP contribution in [0.3, 0.4) is 0 Å². The lowest BCUT2D eigenvalue weighted by atomic mass is 10.0. The van der Waals surface area contributed by atoms with E-state index in [1.165, 1.54) is 0 Å². The quantitative estimate of drug-likeness (QED) is 0.582. The van der Waals surface area contributed by atoms with Crippen LogP contribution in [-0.2, 0) is 0 Å². The first-order chi connectivity index (χ1) is 6.38. The maximum Gasteiger partial charge on any atom is 0.143 e. The van der Waals surface area contributed by atoms with E-state index in [9.17, 15) is 0 Å². The largest absolute Gasteiger partial charge is 0.242 e. The van der Waals surface area contributed by atoms with Crippen LogP contribution in [0, 0.1) is 5.41 Å². The van der Waals surface area contributed by atoms with E-state index in [0.29, 0.717) is 10.6 Å². The van der Waals surface area contributed by atoms with Crippen LogP contribution in [0.2, 0.25) is 5.15 Å². The first-order valence-corrected chi connectivity index (χ1v) is 6.48. The number of halogens is 2. The molecule has 4 heteroatoms. The molecule has 0 unspecified atom stereocenters. The Morgan fingerprint density at radius 1 is 1.50 bits per heavy atom. The zero-order valence-corrected chi connectivity index (χ0v) is 11.6. The molecular formula is C10H13BrClNS. The summed E-state index contributed by atoms with van der Waals surface area (Å²) in [4.78, 5) is 5.23. The normalized spacial score (nSPS) is 11.8. The summed E-state index contributed by atoms with van der Waals surface area (Å²) in [6.07, 6.45) is 1.81.